The number of ether oxygens (including phenoxy) is 3. The number of carboxylic acid groups (broad SMARTS) is 1. The largest absolute Gasteiger partial charge is 0.481 e. The topological polar surface area (TPSA) is 116 Å². The van der Waals surface area contributed by atoms with E-state index < -0.39 is 29.8 Å². The molecule has 0 radical (unpaired) electrons. The number of carbonyl (C=O) groups excluding carboxylic acids is 3. The number of esters is 3. The van der Waals surface area contributed by atoms with Gasteiger partial charge in [-0.1, -0.05) is 13.2 Å². The zero-order valence-electron chi connectivity index (χ0n) is 12.0. The van der Waals surface area contributed by atoms with Crippen molar-refractivity contribution >= 4 is 23.9 Å². The summed E-state index contributed by atoms with van der Waals surface area (Å²) < 4.78 is 14.4. The minimum Gasteiger partial charge on any atom is -0.481 e. The van der Waals surface area contributed by atoms with Crippen LogP contribution in [0.1, 0.15) is 12.8 Å². The van der Waals surface area contributed by atoms with Crippen molar-refractivity contribution in [3.8, 4) is 0 Å². The Morgan fingerprint density at radius 3 is 1.73 bits per heavy atom. The molecule has 0 saturated heterocycles. The van der Waals surface area contributed by atoms with E-state index in [4.69, 9.17) is 19.3 Å². The second-order valence-corrected chi connectivity index (χ2v) is 4.11. The first-order chi connectivity index (χ1) is 10.4. The molecule has 0 aliphatic carbocycles. The maximum Gasteiger partial charge on any atom is 0.330 e. The van der Waals surface area contributed by atoms with Crippen molar-refractivity contribution in [3.63, 3.8) is 0 Å². The molecule has 1 N–H and O–H groups in total. The van der Waals surface area contributed by atoms with Crippen molar-refractivity contribution in [2.24, 2.45) is 5.92 Å². The van der Waals surface area contributed by atoms with Crippen LogP contribution in [0.4, 0.5) is 0 Å². The van der Waals surface area contributed by atoms with E-state index >= 15 is 0 Å². The number of rotatable bonds is 11. The average Bonchev–Trinajstić information content (AvgIpc) is 2.51. The highest BCUT2D eigenvalue weighted by Crippen LogP contribution is 2.04. The number of aliphatic carboxylic acids is 1. The molecule has 122 valence electrons. The average molecular weight is 314 g/mol. The van der Waals surface area contributed by atoms with Gasteiger partial charge < -0.3 is 19.3 Å². The predicted molar refractivity (Wildman–Crippen MR) is 73.6 cm³/mol. The molecule has 0 aliphatic heterocycles. The van der Waals surface area contributed by atoms with Gasteiger partial charge in [0.1, 0.15) is 19.8 Å². The SMILES string of the molecule is C=CC(=O)OCC(COC(=O)C=C)COC(=O)CCC(=O)O. The first kappa shape index (κ1) is 19.4. The lowest BCUT2D eigenvalue weighted by atomic mass is 10.2. The van der Waals surface area contributed by atoms with Gasteiger partial charge >= 0.3 is 23.9 Å². The summed E-state index contributed by atoms with van der Waals surface area (Å²) in [6.07, 6.45) is 1.30. The number of hydrogen-bond acceptors (Lipinski definition) is 7. The highest BCUT2D eigenvalue weighted by Gasteiger charge is 2.16. The highest BCUT2D eigenvalue weighted by atomic mass is 16.6. The third kappa shape index (κ3) is 10.2. The molecule has 0 aromatic rings. The van der Waals surface area contributed by atoms with E-state index in [2.05, 4.69) is 13.2 Å². The van der Waals surface area contributed by atoms with Crippen LogP contribution in [-0.4, -0.2) is 48.8 Å². The molecule has 0 heterocycles. The Morgan fingerprint density at radius 2 is 1.32 bits per heavy atom. The normalized spacial score (nSPS) is 9.68. The fourth-order valence-electron chi connectivity index (χ4n) is 1.15. The Hall–Kier alpha value is -2.64. The van der Waals surface area contributed by atoms with Crippen LogP contribution < -0.4 is 0 Å². The van der Waals surface area contributed by atoms with Crippen LogP contribution in [-0.2, 0) is 33.4 Å². The molecular weight excluding hydrogens is 296 g/mol. The van der Waals surface area contributed by atoms with Crippen molar-refractivity contribution < 1.29 is 38.5 Å². The Kier molecular flexibility index (Phi) is 9.74. The summed E-state index contributed by atoms with van der Waals surface area (Å²) >= 11 is 0. The van der Waals surface area contributed by atoms with Crippen LogP contribution in [0.25, 0.3) is 0 Å². The van der Waals surface area contributed by atoms with E-state index in [9.17, 15) is 19.2 Å². The molecule has 8 heteroatoms. The van der Waals surface area contributed by atoms with E-state index in [-0.39, 0.29) is 32.7 Å². The van der Waals surface area contributed by atoms with Crippen molar-refractivity contribution in [2.75, 3.05) is 19.8 Å². The monoisotopic (exact) mass is 314 g/mol. The second-order valence-electron chi connectivity index (χ2n) is 4.11. The summed E-state index contributed by atoms with van der Waals surface area (Å²) in [6.45, 7) is 5.96. The number of hydrogen-bond donors (Lipinski definition) is 1. The van der Waals surface area contributed by atoms with Gasteiger partial charge in [-0.25, -0.2) is 9.59 Å². The standard InChI is InChI=1S/C14H18O8/c1-3-12(17)20-7-10(8-21-13(18)4-2)9-22-14(19)6-5-11(15)16/h3-4,10H,1-2,5-9H2,(H,15,16). The molecule has 0 bridgehead atoms. The lowest BCUT2D eigenvalue weighted by molar-refractivity contribution is -0.152. The van der Waals surface area contributed by atoms with Gasteiger partial charge in [0, 0.05) is 12.2 Å². The molecule has 0 aromatic heterocycles. The molecule has 8 nitrogen and oxygen atoms in total. The van der Waals surface area contributed by atoms with E-state index in [1.54, 1.807) is 0 Å². The van der Waals surface area contributed by atoms with Crippen LogP contribution >= 0.6 is 0 Å². The summed E-state index contributed by atoms with van der Waals surface area (Å²) in [4.78, 5) is 43.6. The van der Waals surface area contributed by atoms with Crippen LogP contribution in [0.5, 0.6) is 0 Å². The molecule has 0 amide bonds. The van der Waals surface area contributed by atoms with Crippen LogP contribution in [0.2, 0.25) is 0 Å². The number of carbonyl (C=O) groups is 4. The molecule has 0 rings (SSSR count). The fourth-order valence-corrected chi connectivity index (χ4v) is 1.15. The molecule has 0 saturated carbocycles. The Morgan fingerprint density at radius 1 is 0.864 bits per heavy atom. The lowest BCUT2D eigenvalue weighted by Gasteiger charge is -2.16. The smallest absolute Gasteiger partial charge is 0.330 e. The zero-order valence-corrected chi connectivity index (χ0v) is 12.0. The second kappa shape index (κ2) is 11.1. The van der Waals surface area contributed by atoms with E-state index in [0.717, 1.165) is 12.2 Å². The molecule has 0 spiro atoms. The van der Waals surface area contributed by atoms with E-state index in [1.807, 2.05) is 0 Å². The van der Waals surface area contributed by atoms with Gasteiger partial charge in [-0.2, -0.15) is 0 Å². The predicted octanol–water partition coefficient (Wildman–Crippen LogP) is 0.469. The Balaban J connectivity index is 4.30. The maximum absolute atomic E-state index is 11.3. The van der Waals surface area contributed by atoms with Gasteiger partial charge in [-0.05, 0) is 0 Å². The van der Waals surface area contributed by atoms with Gasteiger partial charge in [-0.3, -0.25) is 9.59 Å². The zero-order chi connectivity index (χ0) is 17.0. The molecule has 0 unspecified atom stereocenters. The molecular formula is C14H18O8. The third-order valence-corrected chi connectivity index (χ3v) is 2.28. The summed E-state index contributed by atoms with van der Waals surface area (Å²) in [6, 6.07) is 0. The quantitative estimate of drug-likeness (QED) is 0.332. The Labute approximate surface area is 127 Å². The molecule has 0 aromatic carbocycles. The molecule has 0 aliphatic rings. The molecule has 22 heavy (non-hydrogen) atoms. The highest BCUT2D eigenvalue weighted by molar-refractivity contribution is 5.81. The van der Waals surface area contributed by atoms with Gasteiger partial charge in [0.05, 0.1) is 18.8 Å². The maximum atomic E-state index is 11.3. The van der Waals surface area contributed by atoms with Gasteiger partial charge in [0.15, 0.2) is 0 Å². The van der Waals surface area contributed by atoms with Gasteiger partial charge in [-0.15, -0.1) is 0 Å². The lowest BCUT2D eigenvalue weighted by Crippen LogP contribution is -2.25. The summed E-state index contributed by atoms with van der Waals surface area (Å²) in [5, 5.41) is 8.44. The first-order valence-corrected chi connectivity index (χ1v) is 6.34. The van der Waals surface area contributed by atoms with Crippen molar-refractivity contribution in [2.45, 2.75) is 12.8 Å². The Bertz CT molecular complexity index is 416. The van der Waals surface area contributed by atoms with Crippen molar-refractivity contribution in [1.29, 1.82) is 0 Å². The van der Waals surface area contributed by atoms with Gasteiger partial charge in [0.25, 0.3) is 0 Å². The summed E-state index contributed by atoms with van der Waals surface area (Å²) in [7, 11) is 0. The van der Waals surface area contributed by atoms with E-state index in [0.29, 0.717) is 0 Å². The number of carboxylic acids is 1. The van der Waals surface area contributed by atoms with Crippen LogP contribution in [0.3, 0.4) is 0 Å². The third-order valence-electron chi connectivity index (χ3n) is 2.28. The van der Waals surface area contributed by atoms with E-state index in [1.165, 1.54) is 0 Å². The molecule has 0 fully saturated rings. The summed E-state index contributed by atoms with van der Waals surface area (Å²) in [5.41, 5.74) is 0. The van der Waals surface area contributed by atoms with Gasteiger partial charge in [0.2, 0.25) is 0 Å². The minimum atomic E-state index is -1.12. The van der Waals surface area contributed by atoms with Crippen molar-refractivity contribution in [1.82, 2.24) is 0 Å². The van der Waals surface area contributed by atoms with Crippen molar-refractivity contribution in [3.05, 3.63) is 25.3 Å². The molecule has 0 atom stereocenters. The summed E-state index contributed by atoms with van der Waals surface area (Å²) in [5.74, 6) is -3.75. The first-order valence-electron chi connectivity index (χ1n) is 6.34. The van der Waals surface area contributed by atoms with Crippen LogP contribution in [0, 0.1) is 5.92 Å². The minimum absolute atomic E-state index is 0.151. The van der Waals surface area contributed by atoms with Crippen LogP contribution in [0.15, 0.2) is 25.3 Å². The fraction of sp³-hybridized carbons (Fsp3) is 0.429.